The minimum atomic E-state index is -0.547. The van der Waals surface area contributed by atoms with Crippen molar-refractivity contribution in [1.82, 2.24) is 24.7 Å². The van der Waals surface area contributed by atoms with Gasteiger partial charge in [0.15, 0.2) is 5.82 Å². The summed E-state index contributed by atoms with van der Waals surface area (Å²) in [6.07, 6.45) is 6.10. The van der Waals surface area contributed by atoms with Crippen molar-refractivity contribution in [2.45, 2.75) is 26.2 Å². The first-order chi connectivity index (χ1) is 16.0. The molecule has 2 unspecified atom stereocenters. The Morgan fingerprint density at radius 2 is 1.97 bits per heavy atom. The molecule has 2 atom stereocenters. The van der Waals surface area contributed by atoms with E-state index in [0.29, 0.717) is 42.1 Å². The van der Waals surface area contributed by atoms with Gasteiger partial charge in [0.2, 0.25) is 0 Å². The van der Waals surface area contributed by atoms with Gasteiger partial charge in [-0.25, -0.2) is 18.7 Å². The second-order valence-electron chi connectivity index (χ2n) is 8.60. The van der Waals surface area contributed by atoms with Crippen molar-refractivity contribution < 1.29 is 13.5 Å². The summed E-state index contributed by atoms with van der Waals surface area (Å²) < 4.78 is 33.3. The molecule has 1 aromatic carbocycles. The SMILES string of the molecule is Cc1cc(N2CC3CCC(C2)C3Cc2nc(Oc3ccc(F)c(Cl)c3)n(C=CF)n2)ncn1. The number of aromatic nitrogens is 5. The molecule has 1 saturated heterocycles. The van der Waals surface area contributed by atoms with Crippen LogP contribution in [-0.2, 0) is 6.42 Å². The van der Waals surface area contributed by atoms with Gasteiger partial charge in [-0.05, 0) is 49.7 Å². The summed E-state index contributed by atoms with van der Waals surface area (Å²) in [6, 6.07) is 6.11. The highest BCUT2D eigenvalue weighted by Crippen LogP contribution is 2.44. The topological polar surface area (TPSA) is 69.0 Å². The molecule has 0 N–H and O–H groups in total. The third-order valence-corrected chi connectivity index (χ3v) is 6.79. The molecule has 3 heterocycles. The second kappa shape index (κ2) is 9.05. The summed E-state index contributed by atoms with van der Waals surface area (Å²) in [6.45, 7) is 3.83. The number of rotatable bonds is 6. The van der Waals surface area contributed by atoms with Crippen LogP contribution in [0.25, 0.3) is 6.20 Å². The molecule has 2 fully saturated rings. The molecule has 3 aromatic rings. The first kappa shape index (κ1) is 21.8. The largest absolute Gasteiger partial charge is 0.424 e. The standard InChI is InChI=1S/C23H23ClF2N6O/c1-14-8-22(28-13-27-14)31-11-15-2-3-16(12-31)18(15)10-21-29-23(32(30-21)7-6-25)33-17-4-5-20(26)19(24)9-17/h4-9,13,15-16,18H,2-3,10-12H2,1H3. The molecule has 0 amide bonds. The van der Waals surface area contributed by atoms with Crippen LogP contribution in [0.5, 0.6) is 11.8 Å². The zero-order valence-electron chi connectivity index (χ0n) is 18.0. The van der Waals surface area contributed by atoms with E-state index in [9.17, 15) is 8.78 Å². The summed E-state index contributed by atoms with van der Waals surface area (Å²) in [5.74, 6) is 2.75. The van der Waals surface area contributed by atoms with Gasteiger partial charge in [-0.1, -0.05) is 11.6 Å². The number of hydrogen-bond donors (Lipinski definition) is 0. The lowest BCUT2D eigenvalue weighted by atomic mass is 9.82. The van der Waals surface area contributed by atoms with Crippen LogP contribution in [0, 0.1) is 30.5 Å². The van der Waals surface area contributed by atoms with Crippen LogP contribution in [-0.4, -0.2) is 37.8 Å². The molecule has 10 heteroatoms. The summed E-state index contributed by atoms with van der Waals surface area (Å²) in [4.78, 5) is 15.5. The van der Waals surface area contributed by atoms with Gasteiger partial charge in [0.25, 0.3) is 0 Å². The predicted octanol–water partition coefficient (Wildman–Crippen LogP) is 5.06. The van der Waals surface area contributed by atoms with Gasteiger partial charge in [-0.2, -0.15) is 9.67 Å². The summed E-state index contributed by atoms with van der Waals surface area (Å²) in [5, 5.41) is 4.36. The Morgan fingerprint density at radius 3 is 2.67 bits per heavy atom. The monoisotopic (exact) mass is 472 g/mol. The van der Waals surface area contributed by atoms with Crippen LogP contribution >= 0.6 is 11.6 Å². The Labute approximate surface area is 195 Å². The van der Waals surface area contributed by atoms with E-state index >= 15 is 0 Å². The minimum Gasteiger partial charge on any atom is -0.424 e. The fourth-order valence-electron chi connectivity index (χ4n) is 4.98. The number of anilines is 1. The van der Waals surface area contributed by atoms with Crippen LogP contribution in [0.15, 0.2) is 36.9 Å². The molecule has 33 heavy (non-hydrogen) atoms. The maximum atomic E-state index is 13.4. The highest BCUT2D eigenvalue weighted by molar-refractivity contribution is 6.30. The lowest BCUT2D eigenvalue weighted by Crippen LogP contribution is -2.43. The van der Waals surface area contributed by atoms with E-state index in [-0.39, 0.29) is 11.0 Å². The number of aryl methyl sites for hydroxylation is 1. The van der Waals surface area contributed by atoms with Crippen LogP contribution in [0.1, 0.15) is 24.4 Å². The zero-order valence-corrected chi connectivity index (χ0v) is 18.8. The molecule has 1 aliphatic heterocycles. The van der Waals surface area contributed by atoms with E-state index in [4.69, 9.17) is 16.3 Å². The van der Waals surface area contributed by atoms with E-state index in [1.165, 1.54) is 22.9 Å². The number of ether oxygens (including phenoxy) is 1. The van der Waals surface area contributed by atoms with Gasteiger partial charge in [0, 0.05) is 37.3 Å². The van der Waals surface area contributed by atoms with Crippen LogP contribution < -0.4 is 9.64 Å². The second-order valence-corrected chi connectivity index (χ2v) is 9.00. The van der Waals surface area contributed by atoms with Crippen LogP contribution in [0.3, 0.4) is 0 Å². The van der Waals surface area contributed by atoms with Gasteiger partial charge >= 0.3 is 6.01 Å². The third-order valence-electron chi connectivity index (χ3n) is 6.50. The quantitative estimate of drug-likeness (QED) is 0.499. The Morgan fingerprint density at radius 1 is 1.18 bits per heavy atom. The van der Waals surface area contributed by atoms with E-state index < -0.39 is 5.82 Å². The van der Waals surface area contributed by atoms with E-state index in [2.05, 4.69) is 25.0 Å². The maximum Gasteiger partial charge on any atom is 0.325 e. The maximum absolute atomic E-state index is 13.4. The predicted molar refractivity (Wildman–Crippen MR) is 120 cm³/mol. The lowest BCUT2D eigenvalue weighted by Gasteiger charge is -2.38. The first-order valence-electron chi connectivity index (χ1n) is 10.9. The normalized spacial score (nSPS) is 22.3. The van der Waals surface area contributed by atoms with Crippen LogP contribution in [0.4, 0.5) is 14.6 Å². The Kier molecular flexibility index (Phi) is 5.97. The highest BCUT2D eigenvalue weighted by atomic mass is 35.5. The number of hydrogen-bond acceptors (Lipinski definition) is 6. The third kappa shape index (κ3) is 4.55. The van der Waals surface area contributed by atoms with Gasteiger partial charge in [-0.15, -0.1) is 5.10 Å². The summed E-state index contributed by atoms with van der Waals surface area (Å²) in [5.41, 5.74) is 0.958. The molecule has 1 aliphatic carbocycles. The van der Waals surface area contributed by atoms with Crippen molar-refractivity contribution in [3.63, 3.8) is 0 Å². The van der Waals surface area contributed by atoms with Crippen LogP contribution in [0.2, 0.25) is 5.02 Å². The molecule has 172 valence electrons. The van der Waals surface area contributed by atoms with Crippen molar-refractivity contribution in [3.05, 3.63) is 59.3 Å². The zero-order chi connectivity index (χ0) is 22.9. The minimum absolute atomic E-state index is 0.0676. The Bertz CT molecular complexity index is 1170. The molecule has 2 aromatic heterocycles. The smallest absolute Gasteiger partial charge is 0.325 e. The molecule has 2 aliphatic rings. The van der Waals surface area contributed by atoms with Crippen molar-refractivity contribution in [3.8, 4) is 11.8 Å². The average molecular weight is 473 g/mol. The molecule has 0 spiro atoms. The molecule has 5 rings (SSSR count). The molecule has 0 radical (unpaired) electrons. The van der Waals surface area contributed by atoms with Crippen molar-refractivity contribution in [2.75, 3.05) is 18.0 Å². The average Bonchev–Trinajstić information content (AvgIpc) is 3.26. The number of fused-ring (bicyclic) bond motifs is 2. The molecule has 7 nitrogen and oxygen atoms in total. The fourth-order valence-corrected chi connectivity index (χ4v) is 5.15. The molecule has 2 bridgehead atoms. The van der Waals surface area contributed by atoms with Gasteiger partial charge in [-0.3, -0.25) is 0 Å². The van der Waals surface area contributed by atoms with E-state index in [0.717, 1.165) is 43.6 Å². The van der Waals surface area contributed by atoms with E-state index in [1.807, 2.05) is 13.0 Å². The van der Waals surface area contributed by atoms with E-state index in [1.54, 1.807) is 6.33 Å². The van der Waals surface area contributed by atoms with Crippen molar-refractivity contribution in [1.29, 1.82) is 0 Å². The van der Waals surface area contributed by atoms with Gasteiger partial charge in [0.1, 0.15) is 30.0 Å². The number of halogens is 3. The number of benzene rings is 1. The summed E-state index contributed by atoms with van der Waals surface area (Å²) >= 11 is 5.84. The van der Waals surface area contributed by atoms with Gasteiger partial charge in [0.05, 0.1) is 11.2 Å². The fraction of sp³-hybridized carbons (Fsp3) is 0.391. The first-order valence-corrected chi connectivity index (χ1v) is 11.3. The Hall–Kier alpha value is -3.07. The summed E-state index contributed by atoms with van der Waals surface area (Å²) in [7, 11) is 0. The van der Waals surface area contributed by atoms with Crippen molar-refractivity contribution in [2.24, 2.45) is 17.8 Å². The molecule has 1 saturated carbocycles. The van der Waals surface area contributed by atoms with Crippen molar-refractivity contribution >= 4 is 23.6 Å². The lowest BCUT2D eigenvalue weighted by molar-refractivity contribution is 0.264. The Balaban J connectivity index is 1.32. The number of nitrogens with zero attached hydrogens (tertiary/aromatic N) is 6. The number of piperidine rings is 1. The highest BCUT2D eigenvalue weighted by Gasteiger charge is 2.42. The molecular weight excluding hydrogens is 450 g/mol. The molecular formula is C23H23ClF2N6O. The van der Waals surface area contributed by atoms with Gasteiger partial charge < -0.3 is 9.64 Å².